The number of hydrogen-bond acceptors (Lipinski definition) is 10. The summed E-state index contributed by atoms with van der Waals surface area (Å²) in [5.41, 5.74) is 0. The van der Waals surface area contributed by atoms with Crippen molar-refractivity contribution in [3.05, 3.63) is 0 Å². The van der Waals surface area contributed by atoms with Crippen molar-refractivity contribution >= 4 is 29.8 Å². The highest BCUT2D eigenvalue weighted by Gasteiger charge is 2.21. The molecule has 0 aromatic rings. The van der Waals surface area contributed by atoms with Crippen molar-refractivity contribution in [2.45, 2.75) is 174 Å². The molecular weight excluding hydrogens is 608 g/mol. The van der Waals surface area contributed by atoms with E-state index in [0.717, 1.165) is 83.5 Å². The van der Waals surface area contributed by atoms with Crippen LogP contribution in [0.15, 0.2) is 0 Å². The molecule has 1 N–H and O–H groups in total. The van der Waals surface area contributed by atoms with Crippen LogP contribution in [-0.4, -0.2) is 73.6 Å². The van der Waals surface area contributed by atoms with Crippen molar-refractivity contribution < 1.29 is 52.8 Å². The van der Waals surface area contributed by atoms with Crippen molar-refractivity contribution in [3.8, 4) is 0 Å². The molecule has 47 heavy (non-hydrogen) atoms. The van der Waals surface area contributed by atoms with Crippen LogP contribution in [0.1, 0.15) is 162 Å². The number of esters is 4. The van der Waals surface area contributed by atoms with Crippen molar-refractivity contribution in [1.29, 1.82) is 0 Å². The van der Waals surface area contributed by atoms with Gasteiger partial charge >= 0.3 is 29.8 Å². The molecule has 0 aliphatic carbocycles. The molecule has 11 nitrogen and oxygen atoms in total. The number of carbonyl (C=O) groups excluding carboxylic acids is 4. The number of unbranched alkanes of at least 4 members (excludes halogenated alkanes) is 13. The average molecular weight is 673 g/mol. The Bertz CT molecular complexity index is 830. The minimum absolute atomic E-state index is 0.0293. The van der Waals surface area contributed by atoms with Crippen molar-refractivity contribution in [2.24, 2.45) is 0 Å². The highest BCUT2D eigenvalue weighted by Crippen LogP contribution is 2.11. The van der Waals surface area contributed by atoms with Gasteiger partial charge < -0.3 is 28.8 Å². The van der Waals surface area contributed by atoms with Gasteiger partial charge in [0.2, 0.25) is 0 Å². The molecule has 0 saturated heterocycles. The molecule has 0 spiro atoms. The molecule has 0 aromatic heterocycles. The van der Waals surface area contributed by atoms with E-state index in [-0.39, 0.29) is 58.1 Å². The standard InChI is InChI=1S/C36H64O11/c1-4-7-10-13-16-22-33(39)44-28-30(46-35(41)24-17-14-11-8-5-2)26-43-27-31(47-36(42)25-18-15-12-9-6-3)29-45-34(40)23-20-19-21-32(37)38/h30-31H,4-29H2,1-3H3,(H,37,38). The van der Waals surface area contributed by atoms with Gasteiger partial charge in [0.15, 0.2) is 12.2 Å². The van der Waals surface area contributed by atoms with Gasteiger partial charge in [0, 0.05) is 32.1 Å². The van der Waals surface area contributed by atoms with Crippen LogP contribution in [0.5, 0.6) is 0 Å². The summed E-state index contributed by atoms with van der Waals surface area (Å²) in [7, 11) is 0. The maximum atomic E-state index is 12.6. The average Bonchev–Trinajstić information content (AvgIpc) is 3.03. The molecule has 0 rings (SSSR count). The Labute approximate surface area is 283 Å². The molecule has 2 unspecified atom stereocenters. The molecule has 11 heteroatoms. The Morgan fingerprint density at radius 3 is 1.11 bits per heavy atom. The van der Waals surface area contributed by atoms with Gasteiger partial charge in [-0.2, -0.15) is 0 Å². The minimum atomic E-state index is -0.926. The number of aliphatic carboxylic acids is 1. The number of rotatable bonds is 33. The summed E-state index contributed by atoms with van der Waals surface area (Å²) < 4.78 is 27.7. The van der Waals surface area contributed by atoms with E-state index in [4.69, 9.17) is 28.8 Å². The zero-order chi connectivity index (χ0) is 35.0. The number of hydrogen-bond donors (Lipinski definition) is 1. The fourth-order valence-electron chi connectivity index (χ4n) is 4.73. The van der Waals surface area contributed by atoms with Crippen LogP contribution in [0.2, 0.25) is 0 Å². The fraction of sp³-hybridized carbons (Fsp3) is 0.861. The normalized spacial score (nSPS) is 12.2. The van der Waals surface area contributed by atoms with E-state index < -0.39 is 36.1 Å². The van der Waals surface area contributed by atoms with Gasteiger partial charge in [-0.3, -0.25) is 24.0 Å². The SMILES string of the molecule is CCCCCCCC(=O)OCC(COCC(COC(=O)CCCCC(=O)O)OC(=O)CCCCCCC)OC(=O)CCCCCCC. The van der Waals surface area contributed by atoms with Crippen molar-refractivity contribution in [1.82, 2.24) is 0 Å². The summed E-state index contributed by atoms with van der Waals surface area (Å²) in [6, 6.07) is 0. The molecule has 0 fully saturated rings. The van der Waals surface area contributed by atoms with E-state index in [9.17, 15) is 24.0 Å². The predicted molar refractivity (Wildman–Crippen MR) is 179 cm³/mol. The summed E-state index contributed by atoms with van der Waals surface area (Å²) in [5, 5.41) is 8.77. The molecule has 0 aliphatic rings. The molecule has 0 amide bonds. The van der Waals surface area contributed by atoms with Crippen molar-refractivity contribution in [2.75, 3.05) is 26.4 Å². The summed E-state index contributed by atoms with van der Waals surface area (Å²) >= 11 is 0. The largest absolute Gasteiger partial charge is 0.481 e. The zero-order valence-electron chi connectivity index (χ0n) is 29.6. The highest BCUT2D eigenvalue weighted by molar-refractivity contribution is 5.71. The van der Waals surface area contributed by atoms with Crippen LogP contribution in [0.25, 0.3) is 0 Å². The van der Waals surface area contributed by atoms with Crippen LogP contribution in [-0.2, 0) is 47.7 Å². The van der Waals surface area contributed by atoms with E-state index in [2.05, 4.69) is 20.8 Å². The number of carboxylic acid groups (broad SMARTS) is 1. The van der Waals surface area contributed by atoms with Gasteiger partial charge in [-0.05, 0) is 32.1 Å². The first-order valence-corrected chi connectivity index (χ1v) is 18.2. The van der Waals surface area contributed by atoms with Gasteiger partial charge in [0.1, 0.15) is 13.2 Å². The summed E-state index contributed by atoms with van der Waals surface area (Å²) in [4.78, 5) is 60.3. The lowest BCUT2D eigenvalue weighted by molar-refractivity contribution is -0.168. The topological polar surface area (TPSA) is 152 Å². The van der Waals surface area contributed by atoms with Gasteiger partial charge in [0.25, 0.3) is 0 Å². The molecule has 0 heterocycles. The number of carbonyl (C=O) groups is 5. The second-order valence-corrected chi connectivity index (χ2v) is 12.2. The van der Waals surface area contributed by atoms with Gasteiger partial charge in [0.05, 0.1) is 13.2 Å². The van der Waals surface area contributed by atoms with Crippen LogP contribution in [0.3, 0.4) is 0 Å². The van der Waals surface area contributed by atoms with Gasteiger partial charge in [-0.1, -0.05) is 97.8 Å². The first-order valence-electron chi connectivity index (χ1n) is 18.2. The Balaban J connectivity index is 5.09. The van der Waals surface area contributed by atoms with Crippen LogP contribution in [0, 0.1) is 0 Å². The molecule has 0 saturated carbocycles. The van der Waals surface area contributed by atoms with E-state index in [1.54, 1.807) is 0 Å². The molecule has 0 aliphatic heterocycles. The molecule has 0 aromatic carbocycles. The summed E-state index contributed by atoms with van der Waals surface area (Å²) in [6.07, 6.45) is 14.6. The Morgan fingerprint density at radius 1 is 0.426 bits per heavy atom. The maximum absolute atomic E-state index is 12.6. The third-order valence-corrected chi connectivity index (χ3v) is 7.54. The Morgan fingerprint density at radius 2 is 0.745 bits per heavy atom. The fourth-order valence-corrected chi connectivity index (χ4v) is 4.73. The third-order valence-electron chi connectivity index (χ3n) is 7.54. The monoisotopic (exact) mass is 672 g/mol. The third kappa shape index (κ3) is 30.4. The van der Waals surface area contributed by atoms with Crippen LogP contribution >= 0.6 is 0 Å². The second kappa shape index (κ2) is 31.9. The molecule has 2 atom stereocenters. The lowest BCUT2D eigenvalue weighted by Crippen LogP contribution is -2.34. The Hall–Kier alpha value is -2.69. The predicted octanol–water partition coefficient (Wildman–Crippen LogP) is 7.64. The first-order chi connectivity index (χ1) is 22.7. The van der Waals surface area contributed by atoms with E-state index in [1.807, 2.05) is 0 Å². The first kappa shape index (κ1) is 44.3. The zero-order valence-corrected chi connectivity index (χ0v) is 29.6. The van der Waals surface area contributed by atoms with Crippen LogP contribution < -0.4 is 0 Å². The quantitative estimate of drug-likeness (QED) is 0.0416. The van der Waals surface area contributed by atoms with E-state index in [0.29, 0.717) is 32.1 Å². The van der Waals surface area contributed by atoms with Crippen molar-refractivity contribution in [3.63, 3.8) is 0 Å². The molecule has 0 radical (unpaired) electrons. The number of ether oxygens (including phenoxy) is 5. The molecule has 0 bridgehead atoms. The van der Waals surface area contributed by atoms with E-state index >= 15 is 0 Å². The molecular formula is C36H64O11. The summed E-state index contributed by atoms with van der Waals surface area (Å²) in [5.74, 6) is -2.63. The lowest BCUT2D eigenvalue weighted by Gasteiger charge is -2.21. The van der Waals surface area contributed by atoms with Gasteiger partial charge in [-0.25, -0.2) is 0 Å². The molecule has 274 valence electrons. The lowest BCUT2D eigenvalue weighted by atomic mass is 10.1. The smallest absolute Gasteiger partial charge is 0.306 e. The maximum Gasteiger partial charge on any atom is 0.306 e. The second-order valence-electron chi connectivity index (χ2n) is 12.2. The number of carboxylic acids is 1. The summed E-state index contributed by atoms with van der Waals surface area (Å²) in [6.45, 7) is 5.78. The van der Waals surface area contributed by atoms with Gasteiger partial charge in [-0.15, -0.1) is 0 Å². The highest BCUT2D eigenvalue weighted by atomic mass is 16.6. The van der Waals surface area contributed by atoms with Crippen LogP contribution in [0.4, 0.5) is 0 Å². The van der Waals surface area contributed by atoms with E-state index in [1.165, 1.54) is 0 Å². The minimum Gasteiger partial charge on any atom is -0.481 e. The Kier molecular flexibility index (Phi) is 30.1.